The highest BCUT2D eigenvalue weighted by Crippen LogP contribution is 2.19. The topological polar surface area (TPSA) is 59.4 Å². The minimum absolute atomic E-state index is 0.229. The predicted molar refractivity (Wildman–Crippen MR) is 97.7 cm³/mol. The zero-order valence-corrected chi connectivity index (χ0v) is 14.0. The highest BCUT2D eigenvalue weighted by atomic mass is 16.5. The van der Waals surface area contributed by atoms with Gasteiger partial charge < -0.3 is 9.84 Å². The minimum Gasteiger partial charge on any atom is -0.489 e. The summed E-state index contributed by atoms with van der Waals surface area (Å²) in [5, 5.41) is 9.78. The maximum absolute atomic E-state index is 10.5. The Morgan fingerprint density at radius 2 is 1.92 bits per heavy atom. The number of benzene rings is 2. The fraction of sp³-hybridized carbons (Fsp3) is 0.238. The first kappa shape index (κ1) is 17.0. The second-order valence-electron chi connectivity index (χ2n) is 6.07. The van der Waals surface area contributed by atoms with Gasteiger partial charge in [0.1, 0.15) is 12.4 Å². The number of carbonyl (C=O) groups is 1. The lowest BCUT2D eigenvalue weighted by molar-refractivity contribution is -0.137. The molecule has 0 aliphatic carbocycles. The number of fused-ring (bicyclic) bond motifs is 1. The first-order chi connectivity index (χ1) is 12.2. The number of hydrogen-bond acceptors (Lipinski definition) is 3. The second kappa shape index (κ2) is 8.29. The Labute approximate surface area is 147 Å². The van der Waals surface area contributed by atoms with E-state index in [0.29, 0.717) is 13.0 Å². The van der Waals surface area contributed by atoms with Gasteiger partial charge in [0.25, 0.3) is 0 Å². The summed E-state index contributed by atoms with van der Waals surface area (Å²) >= 11 is 0. The highest BCUT2D eigenvalue weighted by Gasteiger charge is 2.02. The maximum atomic E-state index is 10.5. The summed E-state index contributed by atoms with van der Waals surface area (Å²) in [5.41, 5.74) is 3.26. The standard InChI is InChI=1S/C21H21NO3/c23-21(24)9-2-1-5-16-6-3-8-19(14-16)25-15-17-10-11-20-18(13-17)7-4-12-22-20/h3-4,6-8,10-14H,1-2,5,9,15H2,(H,23,24). The van der Waals surface area contributed by atoms with Crippen LogP contribution in [-0.4, -0.2) is 16.1 Å². The maximum Gasteiger partial charge on any atom is 0.303 e. The SMILES string of the molecule is O=C(O)CCCCc1cccc(OCc2ccc3ncccc3c2)c1. The van der Waals surface area contributed by atoms with Crippen molar-refractivity contribution in [1.82, 2.24) is 4.98 Å². The van der Waals surface area contributed by atoms with E-state index in [1.165, 1.54) is 5.56 Å². The van der Waals surface area contributed by atoms with Crippen LogP contribution >= 0.6 is 0 Å². The Balaban J connectivity index is 1.56. The van der Waals surface area contributed by atoms with Gasteiger partial charge in [0.05, 0.1) is 5.52 Å². The molecule has 0 unspecified atom stereocenters. The largest absolute Gasteiger partial charge is 0.489 e. The molecule has 0 amide bonds. The second-order valence-corrected chi connectivity index (χ2v) is 6.07. The number of aromatic nitrogens is 1. The molecule has 0 atom stereocenters. The van der Waals surface area contributed by atoms with Crippen LogP contribution in [0.5, 0.6) is 5.75 Å². The molecule has 0 saturated heterocycles. The van der Waals surface area contributed by atoms with E-state index in [1.807, 2.05) is 42.5 Å². The number of carboxylic acid groups (broad SMARTS) is 1. The van der Waals surface area contributed by atoms with Crippen molar-refractivity contribution < 1.29 is 14.6 Å². The molecule has 0 aliphatic rings. The number of ether oxygens (including phenoxy) is 1. The monoisotopic (exact) mass is 335 g/mol. The number of nitrogens with zero attached hydrogens (tertiary/aromatic N) is 1. The third-order valence-corrected chi connectivity index (χ3v) is 4.08. The first-order valence-electron chi connectivity index (χ1n) is 8.48. The Morgan fingerprint density at radius 1 is 1.00 bits per heavy atom. The molecule has 0 bridgehead atoms. The van der Waals surface area contributed by atoms with Crippen LogP contribution in [0, 0.1) is 0 Å². The summed E-state index contributed by atoms with van der Waals surface area (Å²) in [6.07, 6.45) is 4.46. The van der Waals surface area contributed by atoms with Crippen molar-refractivity contribution in [3.05, 3.63) is 71.9 Å². The van der Waals surface area contributed by atoms with Crippen LogP contribution in [0.4, 0.5) is 0 Å². The quantitative estimate of drug-likeness (QED) is 0.611. The number of hydrogen-bond donors (Lipinski definition) is 1. The molecule has 1 aromatic heterocycles. The third-order valence-electron chi connectivity index (χ3n) is 4.08. The molecule has 0 radical (unpaired) electrons. The summed E-state index contributed by atoms with van der Waals surface area (Å²) in [5.74, 6) is 0.102. The van der Waals surface area contributed by atoms with Gasteiger partial charge in [-0.3, -0.25) is 9.78 Å². The molecule has 3 rings (SSSR count). The summed E-state index contributed by atoms with van der Waals surface area (Å²) in [6.45, 7) is 0.507. The predicted octanol–water partition coefficient (Wildman–Crippen LogP) is 4.61. The number of pyridine rings is 1. The van der Waals surface area contributed by atoms with E-state index in [0.717, 1.165) is 35.1 Å². The molecular weight excluding hydrogens is 314 g/mol. The molecule has 128 valence electrons. The van der Waals surface area contributed by atoms with E-state index < -0.39 is 5.97 Å². The Hall–Kier alpha value is -2.88. The summed E-state index contributed by atoms with van der Waals surface area (Å²) in [4.78, 5) is 14.9. The number of unbranched alkanes of at least 4 members (excludes halogenated alkanes) is 1. The molecular formula is C21H21NO3. The molecule has 0 aliphatic heterocycles. The lowest BCUT2D eigenvalue weighted by Crippen LogP contribution is -1.97. The third kappa shape index (κ3) is 5.05. The molecule has 0 spiro atoms. The van der Waals surface area contributed by atoms with Crippen molar-refractivity contribution in [3.8, 4) is 5.75 Å². The van der Waals surface area contributed by atoms with E-state index in [4.69, 9.17) is 9.84 Å². The summed E-state index contributed by atoms with van der Waals surface area (Å²) in [7, 11) is 0. The molecule has 4 nitrogen and oxygen atoms in total. The van der Waals surface area contributed by atoms with Crippen molar-refractivity contribution >= 4 is 16.9 Å². The summed E-state index contributed by atoms with van der Waals surface area (Å²) in [6, 6.07) is 18.1. The fourth-order valence-corrected chi connectivity index (χ4v) is 2.78. The van der Waals surface area contributed by atoms with Gasteiger partial charge in [-0.05, 0) is 60.7 Å². The molecule has 1 heterocycles. The van der Waals surface area contributed by atoms with Crippen LogP contribution in [0.3, 0.4) is 0 Å². The van der Waals surface area contributed by atoms with Crippen LogP contribution in [0.1, 0.15) is 30.4 Å². The molecule has 3 aromatic rings. The van der Waals surface area contributed by atoms with Gasteiger partial charge in [0, 0.05) is 18.0 Å². The smallest absolute Gasteiger partial charge is 0.303 e. The van der Waals surface area contributed by atoms with Gasteiger partial charge in [0.2, 0.25) is 0 Å². The van der Waals surface area contributed by atoms with Gasteiger partial charge in [0.15, 0.2) is 0 Å². The van der Waals surface area contributed by atoms with Crippen LogP contribution in [0.15, 0.2) is 60.8 Å². The minimum atomic E-state index is -0.734. The zero-order valence-electron chi connectivity index (χ0n) is 14.0. The lowest BCUT2D eigenvalue weighted by Gasteiger charge is -2.09. The normalized spacial score (nSPS) is 10.7. The molecule has 25 heavy (non-hydrogen) atoms. The van der Waals surface area contributed by atoms with Gasteiger partial charge >= 0.3 is 5.97 Å². The van der Waals surface area contributed by atoms with Crippen molar-refractivity contribution in [2.75, 3.05) is 0 Å². The first-order valence-corrected chi connectivity index (χ1v) is 8.48. The van der Waals surface area contributed by atoms with E-state index in [-0.39, 0.29) is 6.42 Å². The van der Waals surface area contributed by atoms with E-state index in [1.54, 1.807) is 6.20 Å². The highest BCUT2D eigenvalue weighted by molar-refractivity contribution is 5.78. The molecule has 0 fully saturated rings. The van der Waals surface area contributed by atoms with Crippen LogP contribution in [-0.2, 0) is 17.8 Å². The van der Waals surface area contributed by atoms with Crippen molar-refractivity contribution in [2.24, 2.45) is 0 Å². The van der Waals surface area contributed by atoms with Crippen LogP contribution in [0.2, 0.25) is 0 Å². The van der Waals surface area contributed by atoms with E-state index in [2.05, 4.69) is 17.1 Å². The average Bonchev–Trinajstić information content (AvgIpc) is 2.64. The number of aryl methyl sites for hydroxylation is 1. The molecule has 4 heteroatoms. The Bertz CT molecular complexity index is 860. The van der Waals surface area contributed by atoms with Crippen molar-refractivity contribution in [3.63, 3.8) is 0 Å². The van der Waals surface area contributed by atoms with E-state index >= 15 is 0 Å². The number of carboxylic acids is 1. The van der Waals surface area contributed by atoms with Gasteiger partial charge in [-0.2, -0.15) is 0 Å². The van der Waals surface area contributed by atoms with Crippen LogP contribution in [0.25, 0.3) is 10.9 Å². The lowest BCUT2D eigenvalue weighted by atomic mass is 10.1. The van der Waals surface area contributed by atoms with Crippen molar-refractivity contribution in [2.45, 2.75) is 32.3 Å². The van der Waals surface area contributed by atoms with E-state index in [9.17, 15) is 4.79 Å². The Kier molecular flexibility index (Phi) is 5.62. The van der Waals surface area contributed by atoms with Gasteiger partial charge in [-0.25, -0.2) is 0 Å². The number of aliphatic carboxylic acids is 1. The van der Waals surface area contributed by atoms with Gasteiger partial charge in [-0.1, -0.05) is 24.3 Å². The summed E-state index contributed by atoms with van der Waals surface area (Å²) < 4.78 is 5.91. The van der Waals surface area contributed by atoms with Gasteiger partial charge in [-0.15, -0.1) is 0 Å². The zero-order chi connectivity index (χ0) is 17.5. The fourth-order valence-electron chi connectivity index (χ4n) is 2.78. The van der Waals surface area contributed by atoms with Crippen molar-refractivity contribution in [1.29, 1.82) is 0 Å². The van der Waals surface area contributed by atoms with Crippen LogP contribution < -0.4 is 4.74 Å². The molecule has 2 aromatic carbocycles. The average molecular weight is 335 g/mol. The molecule has 1 N–H and O–H groups in total. The Morgan fingerprint density at radius 3 is 2.80 bits per heavy atom. The number of rotatable bonds is 8. The molecule has 0 saturated carbocycles.